The highest BCUT2D eigenvalue weighted by atomic mass is 16.4. The van der Waals surface area contributed by atoms with Gasteiger partial charge in [0.15, 0.2) is 0 Å². The number of hydrogen-bond acceptors (Lipinski definition) is 3. The highest BCUT2D eigenvalue weighted by Gasteiger charge is 2.33. The number of hydrogen-bond donors (Lipinski definition) is 1. The first-order valence-electron chi connectivity index (χ1n) is 5.88. The standard InChI is InChI=1S/C12H26N2O2/c1-6-7-12(2,11(15)16)10-14(5)9-8-13(3)4/h6-10H2,1-5H3,(H,15,16). The summed E-state index contributed by atoms with van der Waals surface area (Å²) < 4.78 is 0. The van der Waals surface area contributed by atoms with Crippen molar-refractivity contribution in [2.75, 3.05) is 40.8 Å². The van der Waals surface area contributed by atoms with Gasteiger partial charge >= 0.3 is 5.97 Å². The lowest BCUT2D eigenvalue weighted by Gasteiger charge is -2.30. The van der Waals surface area contributed by atoms with Crippen LogP contribution in [0.1, 0.15) is 26.7 Å². The molecule has 1 atom stereocenters. The highest BCUT2D eigenvalue weighted by molar-refractivity contribution is 5.74. The molecule has 0 aliphatic rings. The maximum absolute atomic E-state index is 11.2. The van der Waals surface area contributed by atoms with Crippen LogP contribution in [0, 0.1) is 5.41 Å². The van der Waals surface area contributed by atoms with Crippen molar-refractivity contribution in [2.45, 2.75) is 26.7 Å². The van der Waals surface area contributed by atoms with Crippen LogP contribution in [-0.2, 0) is 4.79 Å². The smallest absolute Gasteiger partial charge is 0.310 e. The fourth-order valence-electron chi connectivity index (χ4n) is 1.85. The van der Waals surface area contributed by atoms with Crippen LogP contribution in [0.25, 0.3) is 0 Å². The van der Waals surface area contributed by atoms with Crippen LogP contribution in [0.4, 0.5) is 0 Å². The second kappa shape index (κ2) is 6.86. The fourth-order valence-corrected chi connectivity index (χ4v) is 1.85. The monoisotopic (exact) mass is 230 g/mol. The minimum absolute atomic E-state index is 0.615. The lowest BCUT2D eigenvalue weighted by Crippen LogP contribution is -2.41. The molecule has 0 heterocycles. The third kappa shape index (κ3) is 5.47. The van der Waals surface area contributed by atoms with Crippen LogP contribution in [-0.4, -0.2) is 61.7 Å². The van der Waals surface area contributed by atoms with Gasteiger partial charge in [-0.2, -0.15) is 0 Å². The molecule has 1 N–H and O–H groups in total. The molecule has 4 nitrogen and oxygen atoms in total. The van der Waals surface area contributed by atoms with E-state index in [2.05, 4.69) is 9.80 Å². The Morgan fingerprint density at radius 3 is 2.19 bits per heavy atom. The molecule has 0 radical (unpaired) electrons. The van der Waals surface area contributed by atoms with Crippen molar-refractivity contribution in [1.29, 1.82) is 0 Å². The first-order valence-corrected chi connectivity index (χ1v) is 5.88. The normalized spacial score (nSPS) is 15.4. The largest absolute Gasteiger partial charge is 0.481 e. The lowest BCUT2D eigenvalue weighted by atomic mass is 9.85. The SMILES string of the molecule is CCCC(C)(CN(C)CCN(C)C)C(=O)O. The molecular weight excluding hydrogens is 204 g/mol. The number of carboxylic acid groups (broad SMARTS) is 1. The van der Waals surface area contributed by atoms with Gasteiger partial charge in [-0.05, 0) is 34.5 Å². The molecule has 1 unspecified atom stereocenters. The molecule has 0 aromatic heterocycles. The summed E-state index contributed by atoms with van der Waals surface area (Å²) in [4.78, 5) is 15.5. The van der Waals surface area contributed by atoms with E-state index in [4.69, 9.17) is 0 Å². The molecule has 0 bridgehead atoms. The molecule has 4 heteroatoms. The average Bonchev–Trinajstić information content (AvgIpc) is 2.14. The Morgan fingerprint density at radius 2 is 1.81 bits per heavy atom. The van der Waals surface area contributed by atoms with E-state index in [1.807, 2.05) is 35.0 Å². The Bertz CT molecular complexity index is 219. The summed E-state index contributed by atoms with van der Waals surface area (Å²) in [5.74, 6) is -0.689. The third-order valence-electron chi connectivity index (χ3n) is 2.87. The van der Waals surface area contributed by atoms with Crippen molar-refractivity contribution in [2.24, 2.45) is 5.41 Å². The van der Waals surface area contributed by atoms with Crippen molar-refractivity contribution in [3.8, 4) is 0 Å². The highest BCUT2D eigenvalue weighted by Crippen LogP contribution is 2.24. The predicted octanol–water partition coefficient (Wildman–Crippen LogP) is 1.37. The van der Waals surface area contributed by atoms with Crippen LogP contribution in [0.15, 0.2) is 0 Å². The molecule has 0 aromatic rings. The lowest BCUT2D eigenvalue weighted by molar-refractivity contribution is -0.149. The topological polar surface area (TPSA) is 43.8 Å². The van der Waals surface area contributed by atoms with E-state index in [1.54, 1.807) is 0 Å². The maximum Gasteiger partial charge on any atom is 0.310 e. The summed E-state index contributed by atoms with van der Waals surface area (Å²) in [5.41, 5.74) is -0.615. The van der Waals surface area contributed by atoms with E-state index in [-0.39, 0.29) is 0 Å². The third-order valence-corrected chi connectivity index (χ3v) is 2.87. The zero-order chi connectivity index (χ0) is 12.8. The molecule has 0 amide bonds. The molecule has 0 aliphatic heterocycles. The zero-order valence-corrected chi connectivity index (χ0v) is 11.3. The van der Waals surface area contributed by atoms with Crippen LogP contribution in [0.2, 0.25) is 0 Å². The number of nitrogens with zero attached hydrogens (tertiary/aromatic N) is 2. The van der Waals surface area contributed by atoms with Crippen LogP contribution < -0.4 is 0 Å². The molecule has 96 valence electrons. The maximum atomic E-state index is 11.2. The van der Waals surface area contributed by atoms with E-state index >= 15 is 0 Å². The van der Waals surface area contributed by atoms with E-state index < -0.39 is 11.4 Å². The molecule has 0 saturated carbocycles. The summed E-state index contributed by atoms with van der Waals surface area (Å²) in [6.45, 7) is 6.34. The van der Waals surface area contributed by atoms with Gasteiger partial charge in [-0.25, -0.2) is 0 Å². The molecule has 0 spiro atoms. The number of carboxylic acids is 1. The Kier molecular flexibility index (Phi) is 6.60. The minimum Gasteiger partial charge on any atom is -0.481 e. The molecule has 0 aliphatic carbocycles. The molecule has 0 fully saturated rings. The second-order valence-corrected chi connectivity index (χ2v) is 5.16. The van der Waals surface area contributed by atoms with Gasteiger partial charge in [0.05, 0.1) is 5.41 Å². The van der Waals surface area contributed by atoms with E-state index in [0.717, 1.165) is 25.9 Å². The Morgan fingerprint density at radius 1 is 1.25 bits per heavy atom. The van der Waals surface area contributed by atoms with Gasteiger partial charge in [-0.15, -0.1) is 0 Å². The van der Waals surface area contributed by atoms with Gasteiger partial charge in [0.2, 0.25) is 0 Å². The summed E-state index contributed by atoms with van der Waals surface area (Å²) >= 11 is 0. The number of rotatable bonds is 8. The van der Waals surface area contributed by atoms with Crippen LogP contribution >= 0.6 is 0 Å². The average molecular weight is 230 g/mol. The minimum atomic E-state index is -0.689. The van der Waals surface area contributed by atoms with Crippen molar-refractivity contribution in [3.05, 3.63) is 0 Å². The first kappa shape index (κ1) is 15.4. The quantitative estimate of drug-likeness (QED) is 0.684. The number of aliphatic carboxylic acids is 1. The number of likely N-dealkylation sites (N-methyl/N-ethyl adjacent to an activating group) is 2. The summed E-state index contributed by atoms with van der Waals surface area (Å²) in [7, 11) is 6.03. The van der Waals surface area contributed by atoms with Crippen molar-refractivity contribution in [3.63, 3.8) is 0 Å². The molecular formula is C12H26N2O2. The van der Waals surface area contributed by atoms with Gasteiger partial charge in [-0.1, -0.05) is 13.3 Å². The summed E-state index contributed by atoms with van der Waals surface area (Å²) in [6.07, 6.45) is 1.64. The summed E-state index contributed by atoms with van der Waals surface area (Å²) in [6, 6.07) is 0. The summed E-state index contributed by atoms with van der Waals surface area (Å²) in [5, 5.41) is 9.25. The zero-order valence-electron chi connectivity index (χ0n) is 11.3. The van der Waals surface area contributed by atoms with Gasteiger partial charge in [-0.3, -0.25) is 4.79 Å². The van der Waals surface area contributed by atoms with E-state index in [1.165, 1.54) is 0 Å². The van der Waals surface area contributed by atoms with Crippen molar-refractivity contribution in [1.82, 2.24) is 9.80 Å². The molecule has 0 rings (SSSR count). The Balaban J connectivity index is 4.23. The van der Waals surface area contributed by atoms with Crippen molar-refractivity contribution >= 4 is 5.97 Å². The van der Waals surface area contributed by atoms with Gasteiger partial charge in [0.1, 0.15) is 0 Å². The molecule has 0 saturated heterocycles. The van der Waals surface area contributed by atoms with Gasteiger partial charge < -0.3 is 14.9 Å². The number of carbonyl (C=O) groups is 1. The first-order chi connectivity index (χ1) is 7.31. The predicted molar refractivity (Wildman–Crippen MR) is 66.7 cm³/mol. The van der Waals surface area contributed by atoms with Gasteiger partial charge in [0, 0.05) is 19.6 Å². The fraction of sp³-hybridized carbons (Fsp3) is 0.917. The second-order valence-electron chi connectivity index (χ2n) is 5.16. The molecule has 16 heavy (non-hydrogen) atoms. The van der Waals surface area contributed by atoms with Crippen molar-refractivity contribution < 1.29 is 9.90 Å². The Labute approximate surface area is 99.2 Å². The van der Waals surface area contributed by atoms with E-state index in [9.17, 15) is 9.90 Å². The van der Waals surface area contributed by atoms with Crippen LogP contribution in [0.5, 0.6) is 0 Å². The van der Waals surface area contributed by atoms with Crippen LogP contribution in [0.3, 0.4) is 0 Å². The molecule has 0 aromatic carbocycles. The van der Waals surface area contributed by atoms with E-state index in [0.29, 0.717) is 6.54 Å². The Hall–Kier alpha value is -0.610. The van der Waals surface area contributed by atoms with Gasteiger partial charge in [0.25, 0.3) is 0 Å².